The third kappa shape index (κ3) is 0.939. The molecule has 4 rings (SSSR count). The highest BCUT2D eigenvalue weighted by molar-refractivity contribution is 5.32. The zero-order valence-electron chi connectivity index (χ0n) is 11.4. The molecule has 0 heterocycles. The molecule has 0 heteroatoms. The van der Waals surface area contributed by atoms with Crippen molar-refractivity contribution < 1.29 is 0 Å². The number of hydrogen-bond acceptors (Lipinski definition) is 0. The van der Waals surface area contributed by atoms with Gasteiger partial charge >= 0.3 is 0 Å². The maximum absolute atomic E-state index is 4.53. The van der Waals surface area contributed by atoms with Gasteiger partial charge in [0.05, 0.1) is 0 Å². The summed E-state index contributed by atoms with van der Waals surface area (Å²) in [6.45, 7) is 14.6. The Labute approximate surface area is 101 Å². The van der Waals surface area contributed by atoms with E-state index in [1.54, 1.807) is 5.57 Å². The molecule has 4 unspecified atom stereocenters. The lowest BCUT2D eigenvalue weighted by molar-refractivity contribution is -0.149. The van der Waals surface area contributed by atoms with Crippen LogP contribution in [-0.4, -0.2) is 0 Å². The highest BCUT2D eigenvalue weighted by atomic mass is 14.7. The van der Waals surface area contributed by atoms with Crippen molar-refractivity contribution in [3.05, 3.63) is 12.2 Å². The van der Waals surface area contributed by atoms with Crippen molar-refractivity contribution >= 4 is 0 Å². The van der Waals surface area contributed by atoms with Crippen molar-refractivity contribution in [3.8, 4) is 0 Å². The monoisotopic (exact) mass is 218 g/mol. The fourth-order valence-electron chi connectivity index (χ4n) is 5.49. The van der Waals surface area contributed by atoms with Crippen molar-refractivity contribution in [3.63, 3.8) is 0 Å². The van der Waals surface area contributed by atoms with Crippen molar-refractivity contribution in [1.82, 2.24) is 0 Å². The molecule has 0 aromatic carbocycles. The van der Waals surface area contributed by atoms with Gasteiger partial charge in [0.25, 0.3) is 0 Å². The van der Waals surface area contributed by atoms with Crippen LogP contribution in [0.1, 0.15) is 59.8 Å². The second kappa shape index (κ2) is 2.76. The summed E-state index contributed by atoms with van der Waals surface area (Å²) in [6.07, 6.45) is 7.05. The van der Waals surface area contributed by atoms with E-state index in [0.717, 1.165) is 11.8 Å². The predicted octanol–water partition coefficient (Wildman–Crippen LogP) is 4.81. The van der Waals surface area contributed by atoms with Gasteiger partial charge in [-0.15, -0.1) is 0 Å². The summed E-state index contributed by atoms with van der Waals surface area (Å²) >= 11 is 0. The molecule has 4 saturated carbocycles. The summed E-state index contributed by atoms with van der Waals surface area (Å²) in [4.78, 5) is 0. The second-order valence-corrected chi connectivity index (χ2v) is 7.62. The largest absolute Gasteiger partial charge is 0.0987 e. The first-order valence-electron chi connectivity index (χ1n) is 7.03. The van der Waals surface area contributed by atoms with Gasteiger partial charge in [0.2, 0.25) is 0 Å². The Morgan fingerprint density at radius 3 is 2.50 bits per heavy atom. The van der Waals surface area contributed by atoms with Crippen LogP contribution in [0.5, 0.6) is 0 Å². The lowest BCUT2D eigenvalue weighted by Gasteiger charge is -2.70. The summed E-state index contributed by atoms with van der Waals surface area (Å²) in [5.41, 5.74) is 3.05. The predicted molar refractivity (Wildman–Crippen MR) is 69.2 cm³/mol. The first-order chi connectivity index (χ1) is 7.33. The average Bonchev–Trinajstić information content (AvgIpc) is 2.24. The van der Waals surface area contributed by atoms with Crippen LogP contribution in [0.3, 0.4) is 0 Å². The fraction of sp³-hybridized carbons (Fsp3) is 0.875. The van der Waals surface area contributed by atoms with E-state index in [2.05, 4.69) is 34.3 Å². The summed E-state index contributed by atoms with van der Waals surface area (Å²) in [5, 5.41) is 0. The minimum absolute atomic E-state index is 0.440. The SMILES string of the molecule is C=C1C2(C)CCC3(C)C(C2)[C@@H](C)CCC13C. The van der Waals surface area contributed by atoms with Crippen LogP contribution >= 0.6 is 0 Å². The first-order valence-corrected chi connectivity index (χ1v) is 7.03. The van der Waals surface area contributed by atoms with Gasteiger partial charge in [-0.2, -0.15) is 0 Å². The van der Waals surface area contributed by atoms with Crippen LogP contribution in [0.25, 0.3) is 0 Å². The van der Waals surface area contributed by atoms with Gasteiger partial charge in [0.15, 0.2) is 0 Å². The highest BCUT2D eigenvalue weighted by Gasteiger charge is 2.65. The Kier molecular flexibility index (Phi) is 1.88. The molecule has 0 aliphatic heterocycles. The van der Waals surface area contributed by atoms with Crippen LogP contribution in [0, 0.1) is 28.1 Å². The molecule has 0 radical (unpaired) electrons. The van der Waals surface area contributed by atoms with Crippen molar-refractivity contribution in [2.24, 2.45) is 28.1 Å². The molecule has 4 fully saturated rings. The van der Waals surface area contributed by atoms with Gasteiger partial charge in [0, 0.05) is 0 Å². The number of hydrogen-bond donors (Lipinski definition) is 0. The van der Waals surface area contributed by atoms with E-state index in [4.69, 9.17) is 0 Å². The Hall–Kier alpha value is -0.260. The molecule has 0 nitrogen and oxygen atoms in total. The molecule has 0 aromatic rings. The summed E-state index contributed by atoms with van der Waals surface area (Å²) in [5.74, 6) is 1.89. The van der Waals surface area contributed by atoms with Crippen molar-refractivity contribution in [2.75, 3.05) is 0 Å². The van der Waals surface area contributed by atoms with Gasteiger partial charge in [-0.05, 0) is 60.2 Å². The zero-order valence-corrected chi connectivity index (χ0v) is 11.4. The minimum atomic E-state index is 0.440. The molecule has 4 aliphatic rings. The molecule has 4 aliphatic carbocycles. The Morgan fingerprint density at radius 1 is 1.12 bits per heavy atom. The molecule has 16 heavy (non-hydrogen) atoms. The molecule has 5 atom stereocenters. The van der Waals surface area contributed by atoms with Gasteiger partial charge in [-0.25, -0.2) is 0 Å². The minimum Gasteiger partial charge on any atom is -0.0987 e. The number of rotatable bonds is 0. The first kappa shape index (κ1) is 10.9. The molecule has 0 N–H and O–H groups in total. The van der Waals surface area contributed by atoms with E-state index < -0.39 is 0 Å². The molecular weight excluding hydrogens is 192 g/mol. The fourth-order valence-corrected chi connectivity index (χ4v) is 5.49. The van der Waals surface area contributed by atoms with E-state index in [0.29, 0.717) is 16.2 Å². The summed E-state index contributed by atoms with van der Waals surface area (Å²) < 4.78 is 0. The Bertz CT molecular complexity index is 355. The van der Waals surface area contributed by atoms with Crippen LogP contribution in [0.2, 0.25) is 0 Å². The molecular formula is C16H26. The Morgan fingerprint density at radius 2 is 1.81 bits per heavy atom. The van der Waals surface area contributed by atoms with Crippen LogP contribution < -0.4 is 0 Å². The van der Waals surface area contributed by atoms with Gasteiger partial charge in [-0.1, -0.05) is 39.8 Å². The Balaban J connectivity index is 2.16. The topological polar surface area (TPSA) is 0 Å². The molecule has 4 bridgehead atoms. The normalized spacial score (nSPS) is 60.1. The molecule has 0 amide bonds. The zero-order chi connectivity index (χ0) is 11.8. The highest BCUT2D eigenvalue weighted by Crippen LogP contribution is 2.74. The van der Waals surface area contributed by atoms with Crippen LogP contribution in [0.15, 0.2) is 12.2 Å². The van der Waals surface area contributed by atoms with E-state index in [1.807, 2.05) is 0 Å². The van der Waals surface area contributed by atoms with Gasteiger partial charge in [0.1, 0.15) is 0 Å². The molecule has 0 spiro atoms. The third-order valence-corrected chi connectivity index (χ3v) is 7.13. The van der Waals surface area contributed by atoms with E-state index in [-0.39, 0.29) is 0 Å². The summed E-state index contributed by atoms with van der Waals surface area (Å²) in [7, 11) is 0. The standard InChI is InChI=1S/C16H26/c1-11-6-7-15(4)12(2)14(3)8-9-16(15,5)13(11)10-14/h11,13H,2,6-10H2,1,3-5H3/t11-,13?,14?,15?,16?/m0/s1. The molecule has 0 aromatic heterocycles. The maximum Gasteiger partial charge on any atom is -0.00570 e. The smallest absolute Gasteiger partial charge is 0.00570 e. The number of fused-ring (bicyclic) bond motifs is 1. The second-order valence-electron chi connectivity index (χ2n) is 7.62. The van der Waals surface area contributed by atoms with E-state index in [1.165, 1.54) is 32.1 Å². The van der Waals surface area contributed by atoms with Gasteiger partial charge in [-0.3, -0.25) is 0 Å². The van der Waals surface area contributed by atoms with E-state index >= 15 is 0 Å². The lowest BCUT2D eigenvalue weighted by Crippen LogP contribution is -2.61. The lowest BCUT2D eigenvalue weighted by atomic mass is 9.34. The van der Waals surface area contributed by atoms with Crippen LogP contribution in [-0.2, 0) is 0 Å². The van der Waals surface area contributed by atoms with Crippen LogP contribution in [0.4, 0.5) is 0 Å². The van der Waals surface area contributed by atoms with Crippen molar-refractivity contribution in [1.29, 1.82) is 0 Å². The summed E-state index contributed by atoms with van der Waals surface area (Å²) in [6, 6.07) is 0. The van der Waals surface area contributed by atoms with E-state index in [9.17, 15) is 0 Å². The number of allylic oxidation sites excluding steroid dienone is 1. The third-order valence-electron chi connectivity index (χ3n) is 7.13. The maximum atomic E-state index is 4.53. The van der Waals surface area contributed by atoms with Gasteiger partial charge < -0.3 is 0 Å². The van der Waals surface area contributed by atoms with Crippen molar-refractivity contribution in [2.45, 2.75) is 59.8 Å². The molecule has 90 valence electrons. The molecule has 0 saturated heterocycles. The quantitative estimate of drug-likeness (QED) is 0.512. The average molecular weight is 218 g/mol.